The third-order valence-corrected chi connectivity index (χ3v) is 3.56. The molecule has 1 aliphatic heterocycles. The van der Waals surface area contributed by atoms with E-state index in [4.69, 9.17) is 0 Å². The topological polar surface area (TPSA) is 49.0 Å². The van der Waals surface area contributed by atoms with E-state index in [1.807, 2.05) is 17.2 Å². The summed E-state index contributed by atoms with van der Waals surface area (Å²) in [5, 5.41) is 6.67. The van der Waals surface area contributed by atoms with Gasteiger partial charge in [-0.05, 0) is 31.7 Å². The molecule has 0 aliphatic carbocycles. The number of hydrogen-bond acceptors (Lipinski definition) is 2. The Labute approximate surface area is 114 Å². The number of aromatic nitrogens is 2. The summed E-state index contributed by atoms with van der Waals surface area (Å²) in [7, 11) is 0. The van der Waals surface area contributed by atoms with Crippen LogP contribution in [0.2, 0.25) is 0 Å². The van der Waals surface area contributed by atoms with Gasteiger partial charge in [0.25, 0.3) is 0 Å². The predicted molar refractivity (Wildman–Crippen MR) is 75.6 cm³/mol. The molecule has 4 nitrogen and oxygen atoms in total. The number of aryl methyl sites for hydroxylation is 1. The highest BCUT2D eigenvalue weighted by molar-refractivity contribution is 5.77. The Morgan fingerprint density at radius 3 is 3.21 bits per heavy atom. The molecule has 0 saturated carbocycles. The number of aromatic amines is 1. The van der Waals surface area contributed by atoms with Crippen molar-refractivity contribution in [1.82, 2.24) is 15.1 Å². The van der Waals surface area contributed by atoms with Crippen LogP contribution in [0.4, 0.5) is 0 Å². The summed E-state index contributed by atoms with van der Waals surface area (Å²) in [6, 6.07) is 0.435. The molecule has 1 aromatic heterocycles. The highest BCUT2D eigenvalue weighted by Crippen LogP contribution is 2.21. The van der Waals surface area contributed by atoms with Crippen LogP contribution in [0.3, 0.4) is 0 Å². The maximum Gasteiger partial charge on any atom is 0.223 e. The molecule has 2 rings (SSSR count). The summed E-state index contributed by atoms with van der Waals surface area (Å²) < 4.78 is 0. The highest BCUT2D eigenvalue weighted by Gasteiger charge is 2.27. The number of carbonyl (C=O) groups excluding carboxylic acids is 1. The van der Waals surface area contributed by atoms with Gasteiger partial charge >= 0.3 is 0 Å². The summed E-state index contributed by atoms with van der Waals surface area (Å²) >= 11 is 0. The predicted octanol–water partition coefficient (Wildman–Crippen LogP) is 2.46. The van der Waals surface area contributed by atoms with Gasteiger partial charge in [-0.1, -0.05) is 18.2 Å². The van der Waals surface area contributed by atoms with Crippen LogP contribution in [0.1, 0.15) is 31.7 Å². The summed E-state index contributed by atoms with van der Waals surface area (Å²) in [6.45, 7) is 5.86. The van der Waals surface area contributed by atoms with Crippen LogP contribution in [0.25, 0.3) is 0 Å². The molecule has 0 spiro atoms. The third kappa shape index (κ3) is 3.34. The first-order valence-corrected chi connectivity index (χ1v) is 6.78. The molecule has 0 bridgehead atoms. The average Bonchev–Trinajstić information content (AvgIpc) is 2.90. The van der Waals surface area contributed by atoms with E-state index in [9.17, 15) is 4.79 Å². The lowest BCUT2D eigenvalue weighted by Gasteiger charge is -2.37. The molecule has 0 unspecified atom stereocenters. The molecule has 4 heteroatoms. The summed E-state index contributed by atoms with van der Waals surface area (Å²) in [4.78, 5) is 14.4. The van der Waals surface area contributed by atoms with E-state index in [2.05, 4.69) is 35.9 Å². The molecular weight excluding hydrogens is 238 g/mol. The van der Waals surface area contributed by atoms with Crippen molar-refractivity contribution in [2.45, 2.75) is 44.7 Å². The van der Waals surface area contributed by atoms with Gasteiger partial charge in [-0.25, -0.2) is 0 Å². The average molecular weight is 259 g/mol. The van der Waals surface area contributed by atoms with Gasteiger partial charge in [-0.2, -0.15) is 5.10 Å². The zero-order valence-corrected chi connectivity index (χ0v) is 11.4. The van der Waals surface area contributed by atoms with Crippen molar-refractivity contribution >= 4 is 5.91 Å². The zero-order valence-electron chi connectivity index (χ0n) is 11.4. The number of hydrogen-bond donors (Lipinski definition) is 1. The van der Waals surface area contributed by atoms with E-state index in [1.54, 1.807) is 6.20 Å². The Balaban J connectivity index is 1.98. The molecule has 0 fully saturated rings. The van der Waals surface area contributed by atoms with E-state index in [1.165, 1.54) is 0 Å². The van der Waals surface area contributed by atoms with Crippen molar-refractivity contribution in [3.05, 3.63) is 42.8 Å². The van der Waals surface area contributed by atoms with E-state index in [0.717, 1.165) is 24.8 Å². The standard InChI is InChI=1S/C15H21N3O/c1-3-5-14-7-4-6-12(2)18(14)15(19)9-8-13-10-16-17-11-13/h3-4,6,10-12,14H,1,5,7-9H2,2H3,(H,16,17)/t12-,14-/m1/s1. The van der Waals surface area contributed by atoms with Crippen molar-refractivity contribution in [2.24, 2.45) is 0 Å². The second-order valence-corrected chi connectivity index (χ2v) is 4.99. The third-order valence-electron chi connectivity index (χ3n) is 3.56. The van der Waals surface area contributed by atoms with E-state index >= 15 is 0 Å². The van der Waals surface area contributed by atoms with E-state index < -0.39 is 0 Å². The first-order valence-electron chi connectivity index (χ1n) is 6.78. The second kappa shape index (κ2) is 6.36. The second-order valence-electron chi connectivity index (χ2n) is 4.99. The van der Waals surface area contributed by atoms with Crippen molar-refractivity contribution in [2.75, 3.05) is 0 Å². The zero-order chi connectivity index (χ0) is 13.7. The first-order chi connectivity index (χ1) is 9.22. The minimum absolute atomic E-state index is 0.176. The number of nitrogens with zero attached hydrogens (tertiary/aromatic N) is 2. The molecule has 102 valence electrons. The van der Waals surface area contributed by atoms with Crippen LogP contribution in [0.15, 0.2) is 37.2 Å². The minimum Gasteiger partial charge on any atom is -0.333 e. The lowest BCUT2D eigenvalue weighted by atomic mass is 9.99. The molecule has 1 aromatic rings. The maximum absolute atomic E-state index is 12.4. The first kappa shape index (κ1) is 13.6. The Morgan fingerprint density at radius 2 is 2.53 bits per heavy atom. The molecule has 0 saturated heterocycles. The van der Waals surface area contributed by atoms with Crippen LogP contribution < -0.4 is 0 Å². The van der Waals surface area contributed by atoms with Crippen LogP contribution in [-0.4, -0.2) is 33.1 Å². The monoisotopic (exact) mass is 259 g/mol. The highest BCUT2D eigenvalue weighted by atomic mass is 16.2. The number of H-pyrrole nitrogens is 1. The maximum atomic E-state index is 12.4. The molecular formula is C15H21N3O. The summed E-state index contributed by atoms with van der Waals surface area (Å²) in [6.07, 6.45) is 12.8. The largest absolute Gasteiger partial charge is 0.333 e. The molecule has 2 heterocycles. The Bertz CT molecular complexity index is 450. The van der Waals surface area contributed by atoms with Crippen LogP contribution in [0.5, 0.6) is 0 Å². The van der Waals surface area contributed by atoms with Gasteiger partial charge in [0.1, 0.15) is 0 Å². The van der Waals surface area contributed by atoms with Gasteiger partial charge < -0.3 is 4.90 Å². The van der Waals surface area contributed by atoms with Gasteiger partial charge in [0.05, 0.1) is 6.20 Å². The number of carbonyl (C=O) groups is 1. The van der Waals surface area contributed by atoms with Crippen LogP contribution in [-0.2, 0) is 11.2 Å². The van der Waals surface area contributed by atoms with E-state index in [-0.39, 0.29) is 18.0 Å². The molecule has 19 heavy (non-hydrogen) atoms. The summed E-state index contributed by atoms with van der Waals surface area (Å²) in [5.41, 5.74) is 1.08. The lowest BCUT2D eigenvalue weighted by Crippen LogP contribution is -2.46. The Kier molecular flexibility index (Phi) is 4.55. The smallest absolute Gasteiger partial charge is 0.223 e. The van der Waals surface area contributed by atoms with Gasteiger partial charge in [0, 0.05) is 24.7 Å². The van der Waals surface area contributed by atoms with Gasteiger partial charge in [0.2, 0.25) is 5.91 Å². The van der Waals surface area contributed by atoms with Crippen molar-refractivity contribution in [3.63, 3.8) is 0 Å². The Hall–Kier alpha value is -1.84. The molecule has 1 aliphatic rings. The van der Waals surface area contributed by atoms with Crippen LogP contribution >= 0.6 is 0 Å². The SMILES string of the molecule is C=CC[C@@H]1CC=C[C@@H](C)N1C(=O)CCc1cn[nH]c1. The number of amides is 1. The number of rotatable bonds is 5. The normalized spacial score (nSPS) is 22.5. The fourth-order valence-electron chi connectivity index (χ4n) is 2.60. The minimum atomic E-state index is 0.176. The van der Waals surface area contributed by atoms with Crippen molar-refractivity contribution in [3.8, 4) is 0 Å². The molecule has 1 N–H and O–H groups in total. The van der Waals surface area contributed by atoms with Crippen molar-refractivity contribution < 1.29 is 4.79 Å². The molecule has 0 radical (unpaired) electrons. The van der Waals surface area contributed by atoms with Crippen LogP contribution in [0, 0.1) is 0 Å². The molecule has 0 aromatic carbocycles. The molecule has 2 atom stereocenters. The summed E-state index contributed by atoms with van der Waals surface area (Å²) in [5.74, 6) is 0.213. The Morgan fingerprint density at radius 1 is 1.68 bits per heavy atom. The number of nitrogens with one attached hydrogen (secondary N) is 1. The lowest BCUT2D eigenvalue weighted by molar-refractivity contribution is -0.135. The quantitative estimate of drug-likeness (QED) is 0.826. The van der Waals surface area contributed by atoms with Gasteiger partial charge in [-0.3, -0.25) is 9.89 Å². The van der Waals surface area contributed by atoms with Gasteiger partial charge in [-0.15, -0.1) is 6.58 Å². The van der Waals surface area contributed by atoms with E-state index in [0.29, 0.717) is 6.42 Å². The fourth-order valence-corrected chi connectivity index (χ4v) is 2.60. The fraction of sp³-hybridized carbons (Fsp3) is 0.467. The van der Waals surface area contributed by atoms with Crippen molar-refractivity contribution in [1.29, 1.82) is 0 Å². The molecule has 1 amide bonds. The van der Waals surface area contributed by atoms with Gasteiger partial charge in [0.15, 0.2) is 0 Å².